The number of aliphatic hydroxyl groups excluding tert-OH is 1. The number of halogens is 2. The van der Waals surface area contributed by atoms with Crippen LogP contribution in [0.2, 0.25) is 0 Å². The molecule has 112 valence electrons. The lowest BCUT2D eigenvalue weighted by atomic mass is 10.1. The van der Waals surface area contributed by atoms with Gasteiger partial charge in [-0.3, -0.25) is 9.36 Å². The maximum absolute atomic E-state index is 12.9. The van der Waals surface area contributed by atoms with Crippen LogP contribution < -0.4 is 5.56 Å². The summed E-state index contributed by atoms with van der Waals surface area (Å²) < 4.78 is 15.0. The van der Waals surface area contributed by atoms with E-state index in [-0.39, 0.29) is 17.9 Å². The average Bonchev–Trinajstić information content (AvgIpc) is 2.51. The van der Waals surface area contributed by atoms with Crippen molar-refractivity contribution in [3.8, 4) is 0 Å². The molecule has 1 unspecified atom stereocenters. The van der Waals surface area contributed by atoms with Crippen molar-refractivity contribution in [2.24, 2.45) is 0 Å². The number of aliphatic hydroxyl groups is 1. The summed E-state index contributed by atoms with van der Waals surface area (Å²) in [6.07, 6.45) is 0.496. The molecular formula is C16H12BrFN2O2. The number of rotatable bonds is 3. The number of benzene rings is 2. The van der Waals surface area contributed by atoms with Crippen molar-refractivity contribution in [2.75, 3.05) is 0 Å². The van der Waals surface area contributed by atoms with E-state index in [0.717, 1.165) is 4.47 Å². The maximum atomic E-state index is 12.9. The molecule has 0 saturated heterocycles. The summed E-state index contributed by atoms with van der Waals surface area (Å²) in [4.78, 5) is 16.6. The Kier molecular flexibility index (Phi) is 4.04. The third kappa shape index (κ3) is 2.93. The van der Waals surface area contributed by atoms with Gasteiger partial charge in [0.2, 0.25) is 0 Å². The van der Waals surface area contributed by atoms with E-state index in [1.807, 2.05) is 6.07 Å². The standard InChI is InChI=1S/C16H12BrFN2O2/c17-11-3-6-14-13(7-11)16(22)20(9-19-14)8-15(21)10-1-4-12(18)5-2-10/h1-7,9,15,21H,8H2. The molecule has 0 aliphatic heterocycles. The molecular weight excluding hydrogens is 351 g/mol. The summed E-state index contributed by atoms with van der Waals surface area (Å²) >= 11 is 3.32. The molecule has 22 heavy (non-hydrogen) atoms. The first-order chi connectivity index (χ1) is 10.5. The molecule has 0 spiro atoms. The number of hydrogen-bond donors (Lipinski definition) is 1. The van der Waals surface area contributed by atoms with Crippen molar-refractivity contribution >= 4 is 26.8 Å². The van der Waals surface area contributed by atoms with E-state index in [2.05, 4.69) is 20.9 Å². The summed E-state index contributed by atoms with van der Waals surface area (Å²) in [6.45, 7) is 0.0555. The predicted molar refractivity (Wildman–Crippen MR) is 85.1 cm³/mol. The summed E-state index contributed by atoms with van der Waals surface area (Å²) in [6, 6.07) is 10.8. The second-order valence-electron chi connectivity index (χ2n) is 4.93. The molecule has 0 fully saturated rings. The molecule has 1 heterocycles. The Bertz CT molecular complexity index is 877. The van der Waals surface area contributed by atoms with Gasteiger partial charge in [-0.05, 0) is 35.9 Å². The van der Waals surface area contributed by atoms with Crippen LogP contribution in [0.1, 0.15) is 11.7 Å². The SMILES string of the molecule is O=c1c2cc(Br)ccc2ncn1CC(O)c1ccc(F)cc1. The molecule has 6 heteroatoms. The van der Waals surface area contributed by atoms with Gasteiger partial charge >= 0.3 is 0 Å². The molecule has 1 N–H and O–H groups in total. The Morgan fingerprint density at radius 1 is 1.23 bits per heavy atom. The van der Waals surface area contributed by atoms with Crippen LogP contribution in [-0.4, -0.2) is 14.7 Å². The minimum absolute atomic E-state index is 0.0555. The lowest BCUT2D eigenvalue weighted by molar-refractivity contribution is 0.155. The zero-order valence-corrected chi connectivity index (χ0v) is 13.0. The van der Waals surface area contributed by atoms with E-state index in [4.69, 9.17) is 0 Å². The molecule has 0 aliphatic rings. The van der Waals surface area contributed by atoms with Crippen LogP contribution >= 0.6 is 15.9 Å². The van der Waals surface area contributed by atoms with Crippen molar-refractivity contribution < 1.29 is 9.50 Å². The molecule has 0 bridgehead atoms. The van der Waals surface area contributed by atoms with Gasteiger partial charge in [0, 0.05) is 4.47 Å². The lowest BCUT2D eigenvalue weighted by Gasteiger charge is -2.13. The van der Waals surface area contributed by atoms with Gasteiger partial charge in [0.1, 0.15) is 5.82 Å². The monoisotopic (exact) mass is 362 g/mol. The Morgan fingerprint density at radius 2 is 1.95 bits per heavy atom. The van der Waals surface area contributed by atoms with Crippen molar-refractivity contribution in [3.05, 3.63) is 75.0 Å². The van der Waals surface area contributed by atoms with Gasteiger partial charge < -0.3 is 5.11 Å². The zero-order valence-electron chi connectivity index (χ0n) is 11.4. The molecule has 4 nitrogen and oxygen atoms in total. The highest BCUT2D eigenvalue weighted by Gasteiger charge is 2.11. The molecule has 0 saturated carbocycles. The first kappa shape index (κ1) is 14.9. The Morgan fingerprint density at radius 3 is 2.68 bits per heavy atom. The quantitative estimate of drug-likeness (QED) is 0.778. The molecule has 0 amide bonds. The normalized spacial score (nSPS) is 12.5. The topological polar surface area (TPSA) is 55.1 Å². The van der Waals surface area contributed by atoms with E-state index in [1.54, 1.807) is 12.1 Å². The lowest BCUT2D eigenvalue weighted by Crippen LogP contribution is -2.23. The molecule has 0 aliphatic carbocycles. The highest BCUT2D eigenvalue weighted by molar-refractivity contribution is 9.10. The van der Waals surface area contributed by atoms with E-state index in [9.17, 15) is 14.3 Å². The van der Waals surface area contributed by atoms with Crippen molar-refractivity contribution in [1.29, 1.82) is 0 Å². The second-order valence-corrected chi connectivity index (χ2v) is 5.85. The highest BCUT2D eigenvalue weighted by Crippen LogP contribution is 2.17. The Hall–Kier alpha value is -2.05. The Balaban J connectivity index is 1.95. The van der Waals surface area contributed by atoms with Crippen LogP contribution in [0.25, 0.3) is 10.9 Å². The second kappa shape index (κ2) is 5.98. The van der Waals surface area contributed by atoms with E-state index in [1.165, 1.54) is 35.2 Å². The van der Waals surface area contributed by atoms with E-state index >= 15 is 0 Å². The average molecular weight is 363 g/mol. The van der Waals surface area contributed by atoms with Crippen LogP contribution in [-0.2, 0) is 6.54 Å². The fourth-order valence-corrected chi connectivity index (χ4v) is 2.60. The van der Waals surface area contributed by atoms with Crippen molar-refractivity contribution in [3.63, 3.8) is 0 Å². The van der Waals surface area contributed by atoms with Crippen LogP contribution in [0.5, 0.6) is 0 Å². The summed E-state index contributed by atoms with van der Waals surface area (Å²) in [5.74, 6) is -0.370. The highest BCUT2D eigenvalue weighted by atomic mass is 79.9. The summed E-state index contributed by atoms with van der Waals surface area (Å²) in [7, 11) is 0. The Labute approximate surface area is 134 Å². The molecule has 1 aromatic heterocycles. The number of fused-ring (bicyclic) bond motifs is 1. The minimum Gasteiger partial charge on any atom is -0.387 e. The van der Waals surface area contributed by atoms with Crippen LogP contribution in [0.3, 0.4) is 0 Å². The largest absolute Gasteiger partial charge is 0.387 e. The fraction of sp³-hybridized carbons (Fsp3) is 0.125. The van der Waals surface area contributed by atoms with Gasteiger partial charge in [-0.25, -0.2) is 9.37 Å². The van der Waals surface area contributed by atoms with Crippen molar-refractivity contribution in [1.82, 2.24) is 9.55 Å². The van der Waals surface area contributed by atoms with Crippen LogP contribution in [0.4, 0.5) is 4.39 Å². The predicted octanol–water partition coefficient (Wildman–Crippen LogP) is 3.03. The number of hydrogen-bond acceptors (Lipinski definition) is 3. The maximum Gasteiger partial charge on any atom is 0.261 e. The molecule has 0 radical (unpaired) electrons. The van der Waals surface area contributed by atoms with Crippen LogP contribution in [0.15, 0.2) is 58.1 Å². The van der Waals surface area contributed by atoms with E-state index < -0.39 is 6.10 Å². The van der Waals surface area contributed by atoms with Crippen LogP contribution in [0, 0.1) is 5.82 Å². The molecule has 3 rings (SSSR count). The summed E-state index contributed by atoms with van der Waals surface area (Å²) in [5.41, 5.74) is 0.913. The molecule has 3 aromatic rings. The molecule has 1 atom stereocenters. The number of nitrogens with zero attached hydrogens (tertiary/aromatic N) is 2. The fourth-order valence-electron chi connectivity index (χ4n) is 2.24. The van der Waals surface area contributed by atoms with Gasteiger partial charge in [0.25, 0.3) is 5.56 Å². The van der Waals surface area contributed by atoms with Gasteiger partial charge in [0.15, 0.2) is 0 Å². The minimum atomic E-state index is -0.912. The first-order valence-corrected chi connectivity index (χ1v) is 7.42. The van der Waals surface area contributed by atoms with Gasteiger partial charge in [-0.2, -0.15) is 0 Å². The van der Waals surface area contributed by atoms with Crippen molar-refractivity contribution in [2.45, 2.75) is 12.6 Å². The van der Waals surface area contributed by atoms with E-state index in [0.29, 0.717) is 16.5 Å². The smallest absolute Gasteiger partial charge is 0.261 e. The van der Waals surface area contributed by atoms with Gasteiger partial charge in [0.05, 0.1) is 29.9 Å². The van der Waals surface area contributed by atoms with Gasteiger partial charge in [-0.1, -0.05) is 28.1 Å². The summed E-state index contributed by atoms with van der Waals surface area (Å²) in [5, 5.41) is 10.7. The zero-order chi connectivity index (χ0) is 15.7. The van der Waals surface area contributed by atoms with Gasteiger partial charge in [-0.15, -0.1) is 0 Å². The third-order valence-corrected chi connectivity index (χ3v) is 3.90. The number of aromatic nitrogens is 2. The third-order valence-electron chi connectivity index (χ3n) is 3.41. The first-order valence-electron chi connectivity index (χ1n) is 6.63. The molecule has 2 aromatic carbocycles.